The summed E-state index contributed by atoms with van der Waals surface area (Å²) < 4.78 is 0. The number of nitro benzene ring substituents is 1. The van der Waals surface area contributed by atoms with E-state index in [0.717, 1.165) is 19.0 Å². The van der Waals surface area contributed by atoms with Crippen molar-refractivity contribution >= 4 is 34.8 Å². The molecular weight excluding hydrogens is 374 g/mol. The number of hydrogen-bond donors (Lipinski definition) is 2. The fourth-order valence-corrected chi connectivity index (χ4v) is 2.71. The van der Waals surface area contributed by atoms with Gasteiger partial charge in [0, 0.05) is 44.4 Å². The van der Waals surface area contributed by atoms with Crippen molar-refractivity contribution < 1.29 is 14.5 Å². The van der Waals surface area contributed by atoms with Gasteiger partial charge in [-0.3, -0.25) is 19.7 Å². The van der Waals surface area contributed by atoms with Crippen LogP contribution in [0, 0.1) is 21.4 Å². The lowest BCUT2D eigenvalue weighted by Crippen LogP contribution is -2.27. The minimum Gasteiger partial charge on any atom is -0.390 e. The van der Waals surface area contributed by atoms with Crippen LogP contribution in [0.4, 0.5) is 11.4 Å². The molecule has 2 amide bonds. The highest BCUT2D eigenvalue weighted by molar-refractivity contribution is 6.34. The van der Waals surface area contributed by atoms with Crippen molar-refractivity contribution in [2.45, 2.75) is 19.3 Å². The summed E-state index contributed by atoms with van der Waals surface area (Å²) in [5.41, 5.74) is -0.383. The first kappa shape index (κ1) is 20.2. The Bertz CT molecular complexity index is 818. The second-order valence-electron chi connectivity index (χ2n) is 5.84. The summed E-state index contributed by atoms with van der Waals surface area (Å²) in [5, 5.41) is 25.3. The number of nitrogens with zero attached hydrogens (tertiary/aromatic N) is 3. The summed E-state index contributed by atoms with van der Waals surface area (Å²) in [5.74, 6) is -0.585. The third-order valence-corrected chi connectivity index (χ3v) is 4.27. The predicted octanol–water partition coefficient (Wildman–Crippen LogP) is 2.20. The van der Waals surface area contributed by atoms with Crippen molar-refractivity contribution in [1.29, 1.82) is 5.26 Å². The molecule has 0 radical (unpaired) electrons. The van der Waals surface area contributed by atoms with Crippen molar-refractivity contribution in [1.82, 2.24) is 10.2 Å². The summed E-state index contributed by atoms with van der Waals surface area (Å²) in [6.45, 7) is 1.88. The number of non-ortho nitro benzene ring substituents is 1. The zero-order valence-corrected chi connectivity index (χ0v) is 15.2. The smallest absolute Gasteiger partial charge is 0.271 e. The quantitative estimate of drug-likeness (QED) is 0.230. The molecule has 0 spiro atoms. The van der Waals surface area contributed by atoms with Crippen molar-refractivity contribution in [3.05, 3.63) is 45.1 Å². The van der Waals surface area contributed by atoms with Crippen molar-refractivity contribution in [3.63, 3.8) is 0 Å². The summed E-state index contributed by atoms with van der Waals surface area (Å²) in [4.78, 5) is 35.6. The molecule has 1 aromatic rings. The maximum atomic E-state index is 12.2. The Kier molecular flexibility index (Phi) is 7.14. The van der Waals surface area contributed by atoms with E-state index in [-0.39, 0.29) is 27.9 Å². The van der Waals surface area contributed by atoms with E-state index in [1.165, 1.54) is 18.3 Å². The number of nitriles is 1. The highest BCUT2D eigenvalue weighted by Crippen LogP contribution is 2.26. The van der Waals surface area contributed by atoms with Gasteiger partial charge in [0.15, 0.2) is 0 Å². The molecule has 0 aromatic heterocycles. The first-order chi connectivity index (χ1) is 12.9. The molecule has 1 saturated heterocycles. The Hall–Kier alpha value is -3.12. The fourth-order valence-electron chi connectivity index (χ4n) is 2.55. The topological polar surface area (TPSA) is 128 Å². The van der Waals surface area contributed by atoms with Crippen LogP contribution in [0.3, 0.4) is 0 Å². The van der Waals surface area contributed by atoms with Crippen molar-refractivity contribution in [2.24, 2.45) is 0 Å². The molecule has 0 bridgehead atoms. The number of rotatable bonds is 8. The molecule has 27 heavy (non-hydrogen) atoms. The molecule has 10 heteroatoms. The Balaban J connectivity index is 1.88. The van der Waals surface area contributed by atoms with Gasteiger partial charge in [-0.2, -0.15) is 5.26 Å². The highest BCUT2D eigenvalue weighted by Gasteiger charge is 2.19. The lowest BCUT2D eigenvalue weighted by atomic mass is 10.2. The molecule has 142 valence electrons. The fraction of sp³-hybridized carbons (Fsp3) is 0.353. The standard InChI is InChI=1S/C17H18ClN5O4/c18-14-5-4-13(23(26)27)9-15(14)21-17(25)12(10-19)11-20-6-2-8-22-7-1-3-16(22)24/h4-5,9,11,20H,1-3,6-8H2,(H,21,25)/b12-11-. The van der Waals surface area contributed by atoms with Crippen molar-refractivity contribution in [2.75, 3.05) is 25.0 Å². The second kappa shape index (κ2) is 9.54. The Morgan fingerprint density at radius 2 is 2.26 bits per heavy atom. The second-order valence-corrected chi connectivity index (χ2v) is 6.24. The van der Waals surface area contributed by atoms with E-state index in [9.17, 15) is 19.7 Å². The van der Waals surface area contributed by atoms with Crippen LogP contribution in [0.15, 0.2) is 30.0 Å². The van der Waals surface area contributed by atoms with E-state index in [1.807, 2.05) is 0 Å². The first-order valence-electron chi connectivity index (χ1n) is 8.29. The number of amides is 2. The van der Waals surface area contributed by atoms with Crippen LogP contribution < -0.4 is 10.6 Å². The number of nitro groups is 1. The molecule has 0 saturated carbocycles. The number of hydrogen-bond acceptors (Lipinski definition) is 6. The maximum absolute atomic E-state index is 12.2. The number of halogens is 1. The molecule has 1 fully saturated rings. The molecule has 1 aromatic carbocycles. The van der Waals surface area contributed by atoms with Gasteiger partial charge in [0.2, 0.25) is 5.91 Å². The van der Waals surface area contributed by atoms with Gasteiger partial charge in [-0.15, -0.1) is 0 Å². The molecular formula is C17H18ClN5O4. The van der Waals surface area contributed by atoms with Gasteiger partial charge in [0.1, 0.15) is 11.6 Å². The first-order valence-corrected chi connectivity index (χ1v) is 8.67. The predicted molar refractivity (Wildman–Crippen MR) is 98.9 cm³/mol. The molecule has 9 nitrogen and oxygen atoms in total. The zero-order chi connectivity index (χ0) is 19.8. The highest BCUT2D eigenvalue weighted by atomic mass is 35.5. The number of anilines is 1. The average Bonchev–Trinajstić information content (AvgIpc) is 3.04. The third kappa shape index (κ3) is 5.69. The van der Waals surface area contributed by atoms with Crippen molar-refractivity contribution in [3.8, 4) is 6.07 Å². The molecule has 1 aliphatic rings. The molecule has 1 heterocycles. The largest absolute Gasteiger partial charge is 0.390 e. The summed E-state index contributed by atoms with van der Waals surface area (Å²) in [7, 11) is 0. The zero-order valence-electron chi connectivity index (χ0n) is 14.4. The molecule has 2 N–H and O–H groups in total. The van der Waals surface area contributed by atoms with Crippen LogP contribution in [-0.2, 0) is 9.59 Å². The van der Waals surface area contributed by atoms with Gasteiger partial charge < -0.3 is 15.5 Å². The summed E-state index contributed by atoms with van der Waals surface area (Å²) in [6, 6.07) is 5.39. The Labute approximate surface area is 160 Å². The SMILES string of the molecule is N#C/C(=C/NCCCN1CCCC1=O)C(=O)Nc1cc([N+](=O)[O-])ccc1Cl. The Morgan fingerprint density at radius 1 is 1.48 bits per heavy atom. The van der Waals surface area contributed by atoms with E-state index >= 15 is 0 Å². The Morgan fingerprint density at radius 3 is 2.89 bits per heavy atom. The average molecular weight is 392 g/mol. The number of carbonyl (C=O) groups excluding carboxylic acids is 2. The maximum Gasteiger partial charge on any atom is 0.271 e. The van der Waals surface area contributed by atoms with Gasteiger partial charge >= 0.3 is 0 Å². The van der Waals surface area contributed by atoms with Gasteiger partial charge in [-0.1, -0.05) is 11.6 Å². The van der Waals surface area contributed by atoms with Gasteiger partial charge in [0.05, 0.1) is 15.6 Å². The van der Waals surface area contributed by atoms with E-state index in [2.05, 4.69) is 10.6 Å². The summed E-state index contributed by atoms with van der Waals surface area (Å²) in [6.07, 6.45) is 3.42. The molecule has 0 atom stereocenters. The lowest BCUT2D eigenvalue weighted by Gasteiger charge is -2.14. The summed E-state index contributed by atoms with van der Waals surface area (Å²) >= 11 is 5.92. The third-order valence-electron chi connectivity index (χ3n) is 3.94. The van der Waals surface area contributed by atoms with Crippen LogP contribution >= 0.6 is 11.6 Å². The number of carbonyl (C=O) groups is 2. The van der Waals surface area contributed by atoms with Crippen LogP contribution in [0.25, 0.3) is 0 Å². The molecule has 1 aliphatic heterocycles. The van der Waals surface area contributed by atoms with Gasteiger partial charge in [0.25, 0.3) is 11.6 Å². The molecule has 0 aliphatic carbocycles. The number of likely N-dealkylation sites (tertiary alicyclic amines) is 1. The van der Waals surface area contributed by atoms with Crippen LogP contribution in [0.2, 0.25) is 5.02 Å². The minimum absolute atomic E-state index is 0.0459. The molecule has 0 unspecified atom stereocenters. The van der Waals surface area contributed by atoms with Gasteiger partial charge in [-0.05, 0) is 18.9 Å². The molecule has 2 rings (SSSR count). The van der Waals surface area contributed by atoms with E-state index in [4.69, 9.17) is 16.9 Å². The van der Waals surface area contributed by atoms with E-state index in [0.29, 0.717) is 25.9 Å². The number of benzene rings is 1. The minimum atomic E-state index is -0.734. The lowest BCUT2D eigenvalue weighted by molar-refractivity contribution is -0.384. The van der Waals surface area contributed by atoms with Crippen LogP contribution in [-0.4, -0.2) is 41.3 Å². The van der Waals surface area contributed by atoms with Crippen LogP contribution in [0.1, 0.15) is 19.3 Å². The van der Waals surface area contributed by atoms with E-state index in [1.54, 1.807) is 11.0 Å². The van der Waals surface area contributed by atoms with E-state index < -0.39 is 10.8 Å². The van der Waals surface area contributed by atoms with Crippen LogP contribution in [0.5, 0.6) is 0 Å². The normalized spacial score (nSPS) is 14.0. The number of nitrogens with one attached hydrogen (secondary N) is 2. The van der Waals surface area contributed by atoms with Gasteiger partial charge in [-0.25, -0.2) is 0 Å². The monoisotopic (exact) mass is 391 g/mol.